The van der Waals surface area contributed by atoms with Crippen molar-refractivity contribution in [2.75, 3.05) is 13.1 Å². The molecule has 1 aliphatic heterocycles. The summed E-state index contributed by atoms with van der Waals surface area (Å²) in [5.74, 6) is 0.944. The van der Waals surface area contributed by atoms with Crippen molar-refractivity contribution in [3.63, 3.8) is 0 Å². The number of ether oxygens (including phenoxy) is 1. The molecule has 4 nitrogen and oxygen atoms in total. The number of likely N-dealkylation sites (tertiary alicyclic amines) is 1. The number of rotatable bonds is 3. The maximum absolute atomic E-state index is 12.5. The fourth-order valence-corrected chi connectivity index (χ4v) is 2.70. The normalized spacial score (nSPS) is 17.6. The molecular formula is C18H17F3N2O2. The molecule has 0 radical (unpaired) electrons. The van der Waals surface area contributed by atoms with Crippen LogP contribution in [-0.4, -0.2) is 28.9 Å². The summed E-state index contributed by atoms with van der Waals surface area (Å²) in [7, 11) is 0. The number of aromatic nitrogens is 1. The number of carbonyl (C=O) groups excluding carboxylic acids is 1. The van der Waals surface area contributed by atoms with Crippen LogP contribution in [0, 0.1) is 5.92 Å². The van der Waals surface area contributed by atoms with Gasteiger partial charge in [0, 0.05) is 30.9 Å². The quantitative estimate of drug-likeness (QED) is 0.825. The number of carbonyl (C=O) groups is 1. The first-order chi connectivity index (χ1) is 11.8. The topological polar surface area (TPSA) is 42.4 Å². The minimum Gasteiger partial charge on any atom is -0.439 e. The van der Waals surface area contributed by atoms with Crippen LogP contribution in [-0.2, 0) is 6.18 Å². The molecule has 7 heteroatoms. The summed E-state index contributed by atoms with van der Waals surface area (Å²) in [6, 6.07) is 8.57. The van der Waals surface area contributed by atoms with E-state index in [0.29, 0.717) is 17.2 Å². The van der Waals surface area contributed by atoms with Gasteiger partial charge in [0.05, 0.1) is 5.56 Å². The van der Waals surface area contributed by atoms with Gasteiger partial charge in [0.2, 0.25) is 5.88 Å². The molecule has 2 aromatic rings. The van der Waals surface area contributed by atoms with Crippen molar-refractivity contribution < 1.29 is 22.7 Å². The lowest BCUT2D eigenvalue weighted by atomic mass is 10.2. The molecule has 0 N–H and O–H groups in total. The Morgan fingerprint density at radius 3 is 2.44 bits per heavy atom. The first kappa shape index (κ1) is 17.3. The Morgan fingerprint density at radius 1 is 1.20 bits per heavy atom. The average Bonchev–Trinajstić information content (AvgIpc) is 3.01. The molecule has 1 saturated heterocycles. The summed E-state index contributed by atoms with van der Waals surface area (Å²) in [4.78, 5) is 17.8. The van der Waals surface area contributed by atoms with Crippen molar-refractivity contribution in [3.05, 3.63) is 53.7 Å². The highest BCUT2D eigenvalue weighted by Crippen LogP contribution is 2.30. The predicted molar refractivity (Wildman–Crippen MR) is 85.4 cm³/mol. The molecular weight excluding hydrogens is 333 g/mol. The number of nitrogens with zero attached hydrogens (tertiary/aromatic N) is 2. The number of pyridine rings is 1. The lowest BCUT2D eigenvalue weighted by molar-refractivity contribution is -0.137. The minimum atomic E-state index is -4.43. The van der Waals surface area contributed by atoms with Crippen molar-refractivity contribution in [2.45, 2.75) is 19.5 Å². The summed E-state index contributed by atoms with van der Waals surface area (Å²) in [6.45, 7) is 3.63. The SMILES string of the molecule is CC1CCN(C(=O)c2ccc(Oc3ccc(C(F)(F)F)cn3)cc2)C1. The Kier molecular flexibility index (Phi) is 4.65. The highest BCUT2D eigenvalue weighted by atomic mass is 19.4. The van der Waals surface area contributed by atoms with Gasteiger partial charge in [0.1, 0.15) is 5.75 Å². The molecule has 1 atom stereocenters. The second-order valence-electron chi connectivity index (χ2n) is 6.15. The van der Waals surface area contributed by atoms with Gasteiger partial charge < -0.3 is 9.64 Å². The smallest absolute Gasteiger partial charge is 0.417 e. The van der Waals surface area contributed by atoms with Gasteiger partial charge in [-0.2, -0.15) is 13.2 Å². The second kappa shape index (κ2) is 6.74. The number of hydrogen-bond donors (Lipinski definition) is 0. The first-order valence-electron chi connectivity index (χ1n) is 7.93. The van der Waals surface area contributed by atoms with E-state index in [0.717, 1.165) is 37.8 Å². The third kappa shape index (κ3) is 4.10. The molecule has 1 amide bonds. The molecule has 1 aromatic heterocycles. The van der Waals surface area contributed by atoms with Crippen LogP contribution in [0.25, 0.3) is 0 Å². The molecule has 0 saturated carbocycles. The van der Waals surface area contributed by atoms with Gasteiger partial charge in [0.25, 0.3) is 5.91 Å². The number of halogens is 3. The second-order valence-corrected chi connectivity index (χ2v) is 6.15. The maximum Gasteiger partial charge on any atom is 0.417 e. The fourth-order valence-electron chi connectivity index (χ4n) is 2.70. The van der Waals surface area contributed by atoms with E-state index in [1.165, 1.54) is 0 Å². The summed E-state index contributed by atoms with van der Waals surface area (Å²) in [6.07, 6.45) is -2.70. The van der Waals surface area contributed by atoms with E-state index in [2.05, 4.69) is 11.9 Å². The molecule has 1 aromatic carbocycles. The number of benzene rings is 1. The van der Waals surface area contributed by atoms with Gasteiger partial charge in [-0.1, -0.05) is 6.92 Å². The van der Waals surface area contributed by atoms with E-state index >= 15 is 0 Å². The van der Waals surface area contributed by atoms with Crippen LogP contribution in [0.15, 0.2) is 42.6 Å². The van der Waals surface area contributed by atoms with Crippen molar-refractivity contribution in [1.82, 2.24) is 9.88 Å². The van der Waals surface area contributed by atoms with E-state index in [1.807, 2.05) is 4.90 Å². The van der Waals surface area contributed by atoms with Crippen LogP contribution in [0.5, 0.6) is 11.6 Å². The zero-order valence-corrected chi connectivity index (χ0v) is 13.6. The number of hydrogen-bond acceptors (Lipinski definition) is 3. The molecule has 3 rings (SSSR count). The van der Waals surface area contributed by atoms with E-state index in [4.69, 9.17) is 4.74 Å². The monoisotopic (exact) mass is 350 g/mol. The minimum absolute atomic E-state index is 0.0245. The first-order valence-corrected chi connectivity index (χ1v) is 7.93. The Balaban J connectivity index is 1.65. The van der Waals surface area contributed by atoms with Crippen LogP contribution in [0.3, 0.4) is 0 Å². The van der Waals surface area contributed by atoms with Gasteiger partial charge in [-0.15, -0.1) is 0 Å². The predicted octanol–water partition coefficient (Wildman–Crippen LogP) is 4.37. The van der Waals surface area contributed by atoms with E-state index in [1.54, 1.807) is 24.3 Å². The standard InChI is InChI=1S/C18H17F3N2O2/c1-12-8-9-23(11-12)17(24)13-2-5-15(6-3-13)25-16-7-4-14(10-22-16)18(19,20)21/h2-7,10,12H,8-9,11H2,1H3. The molecule has 1 unspecified atom stereocenters. The van der Waals surface area contributed by atoms with Crippen LogP contribution < -0.4 is 4.74 Å². The summed E-state index contributed by atoms with van der Waals surface area (Å²) < 4.78 is 42.9. The zero-order chi connectivity index (χ0) is 18.0. The Hall–Kier alpha value is -2.57. The summed E-state index contributed by atoms with van der Waals surface area (Å²) >= 11 is 0. The maximum atomic E-state index is 12.5. The highest BCUT2D eigenvalue weighted by molar-refractivity contribution is 5.94. The lowest BCUT2D eigenvalue weighted by Crippen LogP contribution is -2.28. The lowest BCUT2D eigenvalue weighted by Gasteiger charge is -2.16. The summed E-state index contributed by atoms with van der Waals surface area (Å²) in [5.41, 5.74) is -0.275. The molecule has 0 aliphatic carbocycles. The molecule has 0 bridgehead atoms. The summed E-state index contributed by atoms with van der Waals surface area (Å²) in [5, 5.41) is 0. The van der Waals surface area contributed by atoms with Gasteiger partial charge >= 0.3 is 6.18 Å². The van der Waals surface area contributed by atoms with Crippen LogP contribution in [0.2, 0.25) is 0 Å². The molecule has 1 aliphatic rings. The Labute approximate surface area is 143 Å². The van der Waals surface area contributed by atoms with E-state index in [9.17, 15) is 18.0 Å². The Morgan fingerprint density at radius 2 is 1.92 bits per heavy atom. The third-order valence-electron chi connectivity index (χ3n) is 4.10. The van der Waals surface area contributed by atoms with Crippen LogP contribution in [0.1, 0.15) is 29.3 Å². The largest absolute Gasteiger partial charge is 0.439 e. The van der Waals surface area contributed by atoms with Crippen LogP contribution >= 0.6 is 0 Å². The van der Waals surface area contributed by atoms with Gasteiger partial charge in [-0.3, -0.25) is 4.79 Å². The van der Waals surface area contributed by atoms with Crippen molar-refractivity contribution >= 4 is 5.91 Å². The van der Waals surface area contributed by atoms with Crippen molar-refractivity contribution in [2.24, 2.45) is 5.92 Å². The highest BCUT2D eigenvalue weighted by Gasteiger charge is 2.30. The van der Waals surface area contributed by atoms with Crippen molar-refractivity contribution in [3.8, 4) is 11.6 Å². The zero-order valence-electron chi connectivity index (χ0n) is 13.6. The molecule has 132 valence electrons. The van der Waals surface area contributed by atoms with Gasteiger partial charge in [0.15, 0.2) is 0 Å². The van der Waals surface area contributed by atoms with E-state index < -0.39 is 11.7 Å². The molecule has 0 spiro atoms. The third-order valence-corrected chi connectivity index (χ3v) is 4.10. The van der Waals surface area contributed by atoms with Gasteiger partial charge in [-0.25, -0.2) is 4.98 Å². The molecule has 2 heterocycles. The fraction of sp³-hybridized carbons (Fsp3) is 0.333. The Bertz CT molecular complexity index is 742. The molecule has 1 fully saturated rings. The number of alkyl halides is 3. The average molecular weight is 350 g/mol. The van der Waals surface area contributed by atoms with Gasteiger partial charge in [-0.05, 0) is 42.7 Å². The number of amides is 1. The van der Waals surface area contributed by atoms with E-state index in [-0.39, 0.29) is 11.8 Å². The van der Waals surface area contributed by atoms with Crippen LogP contribution in [0.4, 0.5) is 13.2 Å². The van der Waals surface area contributed by atoms with Crippen molar-refractivity contribution in [1.29, 1.82) is 0 Å². The molecule has 25 heavy (non-hydrogen) atoms.